The average molecular weight is 298 g/mol. The number of hydrogen-bond acceptors (Lipinski definition) is 3. The monoisotopic (exact) mass is 298 g/mol. The Morgan fingerprint density at radius 2 is 1.75 bits per heavy atom. The minimum absolute atomic E-state index is 0.188. The largest absolute Gasteiger partial charge is 0.573 e. The quantitative estimate of drug-likeness (QED) is 0.786. The summed E-state index contributed by atoms with van der Waals surface area (Å²) in [6, 6.07) is 5.09. The molecule has 0 unspecified atom stereocenters. The molecule has 0 aromatic heterocycles. The smallest absolute Gasteiger partial charge is 0.406 e. The van der Waals surface area contributed by atoms with Crippen LogP contribution in [0.3, 0.4) is 0 Å². The van der Waals surface area contributed by atoms with E-state index < -0.39 is 19.3 Å². The Kier molecular flexibility index (Phi) is 6.15. The van der Waals surface area contributed by atoms with Gasteiger partial charge in [-0.1, -0.05) is 12.1 Å². The highest BCUT2D eigenvalue weighted by atomic mass is 19.4. The van der Waals surface area contributed by atoms with Crippen molar-refractivity contribution in [2.45, 2.75) is 19.3 Å². The molecule has 1 aromatic rings. The van der Waals surface area contributed by atoms with Crippen LogP contribution in [-0.4, -0.2) is 37.3 Å². The molecule has 0 saturated heterocycles. The Morgan fingerprint density at radius 1 is 1.15 bits per heavy atom. The molecule has 0 amide bonds. The lowest BCUT2D eigenvalue weighted by Gasteiger charge is -2.21. The van der Waals surface area contributed by atoms with Crippen molar-refractivity contribution in [2.24, 2.45) is 5.73 Å². The molecule has 2 N–H and O–H groups in total. The van der Waals surface area contributed by atoms with Gasteiger partial charge in [-0.2, -0.15) is 0 Å². The van der Waals surface area contributed by atoms with Crippen molar-refractivity contribution in [3.05, 3.63) is 29.8 Å². The Bertz CT molecular complexity index is 394. The lowest BCUT2D eigenvalue weighted by atomic mass is 10.2. The Balaban J connectivity index is 2.62. The number of rotatable bonds is 7. The van der Waals surface area contributed by atoms with Crippen LogP contribution in [0.5, 0.6) is 5.75 Å². The van der Waals surface area contributed by atoms with Gasteiger partial charge in [-0.25, -0.2) is 8.78 Å². The summed E-state index contributed by atoms with van der Waals surface area (Å²) in [4.78, 5) is 1.43. The van der Waals surface area contributed by atoms with E-state index in [1.165, 1.54) is 17.0 Å². The van der Waals surface area contributed by atoms with Crippen LogP contribution in [0, 0.1) is 0 Å². The maximum atomic E-state index is 12.3. The van der Waals surface area contributed by atoms with E-state index in [4.69, 9.17) is 5.73 Å². The van der Waals surface area contributed by atoms with Crippen LogP contribution in [0.4, 0.5) is 22.0 Å². The predicted molar refractivity (Wildman–Crippen MR) is 63.5 cm³/mol. The van der Waals surface area contributed by atoms with Gasteiger partial charge in [0.05, 0.1) is 6.54 Å². The van der Waals surface area contributed by atoms with Gasteiger partial charge in [0.15, 0.2) is 0 Å². The van der Waals surface area contributed by atoms with Crippen LogP contribution in [-0.2, 0) is 6.54 Å². The number of benzene rings is 1. The van der Waals surface area contributed by atoms with Gasteiger partial charge in [0, 0.05) is 19.6 Å². The van der Waals surface area contributed by atoms with E-state index in [1.807, 2.05) is 0 Å². The molecule has 3 nitrogen and oxygen atoms in total. The van der Waals surface area contributed by atoms with Crippen molar-refractivity contribution in [2.75, 3.05) is 19.6 Å². The highest BCUT2D eigenvalue weighted by Gasteiger charge is 2.30. The van der Waals surface area contributed by atoms with Crippen molar-refractivity contribution in [3.8, 4) is 5.75 Å². The van der Waals surface area contributed by atoms with E-state index in [2.05, 4.69) is 4.74 Å². The molecule has 0 spiro atoms. The summed E-state index contributed by atoms with van der Waals surface area (Å²) >= 11 is 0. The van der Waals surface area contributed by atoms with Gasteiger partial charge in [-0.05, 0) is 17.7 Å². The molecule has 1 aromatic carbocycles. The summed E-state index contributed by atoms with van der Waals surface area (Å²) in [5.41, 5.74) is 5.93. The van der Waals surface area contributed by atoms with E-state index in [0.717, 1.165) is 12.1 Å². The zero-order chi connectivity index (χ0) is 15.2. The third-order valence-electron chi connectivity index (χ3n) is 2.40. The molecule has 20 heavy (non-hydrogen) atoms. The fourth-order valence-corrected chi connectivity index (χ4v) is 1.67. The summed E-state index contributed by atoms with van der Waals surface area (Å²) in [7, 11) is 0. The zero-order valence-corrected chi connectivity index (χ0v) is 10.5. The number of hydrogen-bond donors (Lipinski definition) is 1. The van der Waals surface area contributed by atoms with E-state index in [9.17, 15) is 22.0 Å². The lowest BCUT2D eigenvalue weighted by molar-refractivity contribution is -0.274. The van der Waals surface area contributed by atoms with Gasteiger partial charge < -0.3 is 10.5 Å². The highest BCUT2D eigenvalue weighted by molar-refractivity contribution is 5.27. The number of nitrogens with two attached hydrogens (primary N) is 1. The first kappa shape index (κ1) is 16.6. The summed E-state index contributed by atoms with van der Waals surface area (Å²) in [6.07, 6.45) is -7.24. The van der Waals surface area contributed by atoms with Gasteiger partial charge >= 0.3 is 6.36 Å². The van der Waals surface area contributed by atoms with Crippen molar-refractivity contribution < 1.29 is 26.7 Å². The van der Waals surface area contributed by atoms with Crippen molar-refractivity contribution >= 4 is 0 Å². The standard InChI is InChI=1S/C12H15F5N2O/c13-11(14)8-19(6-5-18)7-9-1-3-10(4-2-9)20-12(15,16)17/h1-4,11H,5-8,18H2. The van der Waals surface area contributed by atoms with E-state index in [0.29, 0.717) is 5.56 Å². The Labute approximate surface area is 113 Å². The summed E-state index contributed by atoms with van der Waals surface area (Å²) in [5.74, 6) is -0.347. The number of alkyl halides is 5. The fourth-order valence-electron chi connectivity index (χ4n) is 1.67. The van der Waals surface area contributed by atoms with Crippen LogP contribution < -0.4 is 10.5 Å². The van der Waals surface area contributed by atoms with Gasteiger partial charge in [0.25, 0.3) is 6.43 Å². The molecular formula is C12H15F5N2O. The summed E-state index contributed by atoms with van der Waals surface area (Å²) in [6.45, 7) is 0.263. The normalized spacial score (nSPS) is 12.2. The summed E-state index contributed by atoms with van der Waals surface area (Å²) < 4.78 is 64.3. The molecule has 114 valence electrons. The van der Waals surface area contributed by atoms with Gasteiger partial charge in [0.1, 0.15) is 5.75 Å². The van der Waals surface area contributed by atoms with Crippen LogP contribution >= 0.6 is 0 Å². The average Bonchev–Trinajstić information content (AvgIpc) is 2.29. The van der Waals surface area contributed by atoms with E-state index in [-0.39, 0.29) is 25.4 Å². The zero-order valence-electron chi connectivity index (χ0n) is 10.5. The molecule has 0 saturated carbocycles. The molecule has 0 radical (unpaired) electrons. The van der Waals surface area contributed by atoms with Gasteiger partial charge in [-0.3, -0.25) is 4.90 Å². The predicted octanol–water partition coefficient (Wildman–Crippen LogP) is 2.61. The molecule has 0 heterocycles. The number of ether oxygens (including phenoxy) is 1. The van der Waals surface area contributed by atoms with Crippen molar-refractivity contribution in [1.82, 2.24) is 4.90 Å². The first-order valence-corrected chi connectivity index (χ1v) is 5.85. The van der Waals surface area contributed by atoms with E-state index in [1.54, 1.807) is 0 Å². The lowest BCUT2D eigenvalue weighted by Crippen LogP contribution is -2.33. The first-order valence-electron chi connectivity index (χ1n) is 5.85. The van der Waals surface area contributed by atoms with Crippen molar-refractivity contribution in [3.63, 3.8) is 0 Å². The molecule has 0 atom stereocenters. The second-order valence-corrected chi connectivity index (χ2v) is 4.11. The highest BCUT2D eigenvalue weighted by Crippen LogP contribution is 2.23. The molecule has 0 aliphatic rings. The fraction of sp³-hybridized carbons (Fsp3) is 0.500. The SMILES string of the molecule is NCCN(Cc1ccc(OC(F)(F)F)cc1)CC(F)F. The van der Waals surface area contributed by atoms with Gasteiger partial charge in [-0.15, -0.1) is 13.2 Å². The van der Waals surface area contributed by atoms with Crippen LogP contribution in [0.15, 0.2) is 24.3 Å². The molecule has 8 heteroatoms. The molecule has 0 aliphatic heterocycles. The van der Waals surface area contributed by atoms with Crippen molar-refractivity contribution in [1.29, 1.82) is 0 Å². The first-order chi connectivity index (χ1) is 9.30. The molecule has 1 rings (SSSR count). The molecular weight excluding hydrogens is 283 g/mol. The minimum atomic E-state index is -4.75. The maximum Gasteiger partial charge on any atom is 0.573 e. The minimum Gasteiger partial charge on any atom is -0.406 e. The van der Waals surface area contributed by atoms with Crippen LogP contribution in [0.25, 0.3) is 0 Å². The molecule has 0 bridgehead atoms. The topological polar surface area (TPSA) is 38.5 Å². The third-order valence-corrected chi connectivity index (χ3v) is 2.40. The second kappa shape index (κ2) is 7.39. The number of nitrogens with zero attached hydrogens (tertiary/aromatic N) is 1. The van der Waals surface area contributed by atoms with E-state index >= 15 is 0 Å². The summed E-state index contributed by atoms with van der Waals surface area (Å²) in [5, 5.41) is 0. The second-order valence-electron chi connectivity index (χ2n) is 4.11. The Hall–Kier alpha value is -1.41. The van der Waals surface area contributed by atoms with Crippen LogP contribution in [0.1, 0.15) is 5.56 Å². The molecule has 0 aliphatic carbocycles. The van der Waals surface area contributed by atoms with Crippen LogP contribution in [0.2, 0.25) is 0 Å². The number of halogens is 5. The van der Waals surface area contributed by atoms with Gasteiger partial charge in [0.2, 0.25) is 0 Å². The molecule has 0 fully saturated rings. The maximum absolute atomic E-state index is 12.3. The Morgan fingerprint density at radius 3 is 2.20 bits per heavy atom. The third kappa shape index (κ3) is 6.67.